The van der Waals surface area contributed by atoms with Crippen molar-refractivity contribution in [3.8, 4) is 11.5 Å². The second-order valence-electron chi connectivity index (χ2n) is 9.19. The Morgan fingerprint density at radius 3 is 1.95 bits per heavy atom. The van der Waals surface area contributed by atoms with Crippen LogP contribution in [0.4, 0.5) is 28.4 Å². The summed E-state index contributed by atoms with van der Waals surface area (Å²) in [6.45, 7) is 1.96. The lowest BCUT2D eigenvalue weighted by molar-refractivity contribution is 0.415. The van der Waals surface area contributed by atoms with Crippen LogP contribution in [0.15, 0.2) is 101 Å². The number of para-hydroxylation sites is 1. The van der Waals surface area contributed by atoms with E-state index in [1.165, 1.54) is 6.92 Å². The maximum absolute atomic E-state index is 11.8. The van der Waals surface area contributed by atoms with Crippen molar-refractivity contribution >= 4 is 50.3 Å². The molecule has 0 saturated carbocycles. The van der Waals surface area contributed by atoms with Gasteiger partial charge in [0.15, 0.2) is 0 Å². The van der Waals surface area contributed by atoms with E-state index in [1.54, 1.807) is 26.0 Å². The number of methoxy groups -OCH3 is 2. The SMILES string of the molecule is COc1ccc(N(c2ccc(OC)cc2)c2cccc3c2Sc2ccccc2N3CCC(C)S(=O)(=O)O)cc1. The maximum atomic E-state index is 11.8. The molecule has 0 saturated heterocycles. The van der Waals surface area contributed by atoms with Gasteiger partial charge in [0.1, 0.15) is 11.5 Å². The molecule has 5 rings (SSSR count). The standard InChI is InChI=1S/C30H30N2O5S2/c1-21(39(33,34)35)19-20-31-26-7-4-5-10-29(26)38-30-27(31)8-6-9-28(30)32(22-11-15-24(36-2)16-12-22)23-13-17-25(37-3)18-14-23/h4-18,21H,19-20H2,1-3H3,(H,33,34,35). The highest BCUT2D eigenvalue weighted by Gasteiger charge is 2.29. The van der Waals surface area contributed by atoms with Crippen LogP contribution in [0.25, 0.3) is 0 Å². The third kappa shape index (κ3) is 5.56. The second-order valence-corrected chi connectivity index (χ2v) is 12.1. The molecule has 1 aliphatic rings. The number of hydrogen-bond acceptors (Lipinski definition) is 7. The molecule has 202 valence electrons. The van der Waals surface area contributed by atoms with Crippen LogP contribution in [0.5, 0.6) is 11.5 Å². The monoisotopic (exact) mass is 562 g/mol. The van der Waals surface area contributed by atoms with Gasteiger partial charge in [0.2, 0.25) is 0 Å². The Bertz CT molecular complexity index is 1510. The van der Waals surface area contributed by atoms with Crippen LogP contribution in [0.1, 0.15) is 13.3 Å². The van der Waals surface area contributed by atoms with Crippen molar-refractivity contribution in [2.45, 2.75) is 28.4 Å². The van der Waals surface area contributed by atoms with Crippen molar-refractivity contribution in [2.24, 2.45) is 0 Å². The molecule has 0 aromatic heterocycles. The van der Waals surface area contributed by atoms with E-state index in [0.29, 0.717) is 6.54 Å². The molecule has 1 atom stereocenters. The van der Waals surface area contributed by atoms with Gasteiger partial charge in [0, 0.05) is 22.8 Å². The van der Waals surface area contributed by atoms with Crippen LogP contribution < -0.4 is 19.3 Å². The predicted octanol–water partition coefficient (Wildman–Crippen LogP) is 7.44. The molecule has 1 N–H and O–H groups in total. The quantitative estimate of drug-likeness (QED) is 0.211. The van der Waals surface area contributed by atoms with Crippen LogP contribution in [0.2, 0.25) is 0 Å². The summed E-state index contributed by atoms with van der Waals surface area (Å²) in [5.41, 5.74) is 4.89. The molecule has 7 nitrogen and oxygen atoms in total. The highest BCUT2D eigenvalue weighted by Crippen LogP contribution is 2.54. The highest BCUT2D eigenvalue weighted by atomic mass is 32.2. The van der Waals surface area contributed by atoms with Gasteiger partial charge < -0.3 is 19.3 Å². The molecule has 0 amide bonds. The summed E-state index contributed by atoms with van der Waals surface area (Å²) in [6, 6.07) is 30.1. The molecule has 1 unspecified atom stereocenters. The molecule has 4 aromatic carbocycles. The van der Waals surface area contributed by atoms with Crippen LogP contribution in [-0.4, -0.2) is 39.0 Å². The van der Waals surface area contributed by atoms with E-state index >= 15 is 0 Å². The van der Waals surface area contributed by atoms with Gasteiger partial charge in [0.05, 0.1) is 41.4 Å². The fourth-order valence-electron chi connectivity index (χ4n) is 4.60. The van der Waals surface area contributed by atoms with Crippen LogP contribution in [-0.2, 0) is 10.1 Å². The Morgan fingerprint density at radius 1 is 0.821 bits per heavy atom. The Labute approximate surface area is 233 Å². The molecular weight excluding hydrogens is 532 g/mol. The third-order valence-corrected chi connectivity index (χ3v) is 9.24. The van der Waals surface area contributed by atoms with Gasteiger partial charge >= 0.3 is 0 Å². The Morgan fingerprint density at radius 2 is 1.38 bits per heavy atom. The number of benzene rings is 4. The van der Waals surface area contributed by atoms with Gasteiger partial charge in [-0.3, -0.25) is 4.55 Å². The zero-order chi connectivity index (χ0) is 27.6. The largest absolute Gasteiger partial charge is 0.497 e. The fourth-order valence-corrected chi connectivity index (χ4v) is 6.20. The lowest BCUT2D eigenvalue weighted by Gasteiger charge is -2.36. The van der Waals surface area contributed by atoms with Gasteiger partial charge in [-0.2, -0.15) is 8.42 Å². The van der Waals surface area contributed by atoms with Gasteiger partial charge in [-0.1, -0.05) is 30.0 Å². The lowest BCUT2D eigenvalue weighted by Crippen LogP contribution is -2.27. The minimum absolute atomic E-state index is 0.280. The molecule has 0 aliphatic carbocycles. The van der Waals surface area contributed by atoms with E-state index < -0.39 is 15.4 Å². The van der Waals surface area contributed by atoms with Gasteiger partial charge in [-0.15, -0.1) is 0 Å². The predicted molar refractivity (Wildman–Crippen MR) is 157 cm³/mol. The van der Waals surface area contributed by atoms with E-state index in [1.807, 2.05) is 72.8 Å². The van der Waals surface area contributed by atoms with Crippen molar-refractivity contribution in [1.82, 2.24) is 0 Å². The van der Waals surface area contributed by atoms with Crippen molar-refractivity contribution < 1.29 is 22.4 Å². The summed E-state index contributed by atoms with van der Waals surface area (Å²) in [4.78, 5) is 6.45. The average molecular weight is 563 g/mol. The van der Waals surface area contributed by atoms with Crippen molar-refractivity contribution in [2.75, 3.05) is 30.6 Å². The van der Waals surface area contributed by atoms with Crippen LogP contribution >= 0.6 is 11.8 Å². The number of anilines is 5. The zero-order valence-electron chi connectivity index (χ0n) is 21.9. The van der Waals surface area contributed by atoms with Crippen molar-refractivity contribution in [3.05, 3.63) is 91.0 Å². The summed E-state index contributed by atoms with van der Waals surface area (Å²) >= 11 is 1.69. The Kier molecular flexibility index (Phi) is 7.74. The topological polar surface area (TPSA) is 79.3 Å². The van der Waals surface area contributed by atoms with Crippen molar-refractivity contribution in [3.63, 3.8) is 0 Å². The molecule has 4 aromatic rings. The smallest absolute Gasteiger partial charge is 0.267 e. The summed E-state index contributed by atoms with van der Waals surface area (Å²) in [5.74, 6) is 1.54. The minimum Gasteiger partial charge on any atom is -0.497 e. The van der Waals surface area contributed by atoms with E-state index in [0.717, 1.165) is 49.7 Å². The fraction of sp³-hybridized carbons (Fsp3) is 0.200. The van der Waals surface area contributed by atoms with Gasteiger partial charge in [0.25, 0.3) is 10.1 Å². The summed E-state index contributed by atoms with van der Waals surface area (Å²) in [6.07, 6.45) is 0.280. The first-order chi connectivity index (χ1) is 18.8. The zero-order valence-corrected chi connectivity index (χ0v) is 23.6. The van der Waals surface area contributed by atoms with E-state index in [9.17, 15) is 13.0 Å². The molecule has 39 heavy (non-hydrogen) atoms. The number of fused-ring (bicyclic) bond motifs is 2. The number of nitrogens with zero attached hydrogens (tertiary/aromatic N) is 2. The van der Waals surface area contributed by atoms with Gasteiger partial charge in [-0.05, 0) is 86.1 Å². The molecule has 0 bridgehead atoms. The molecule has 1 aliphatic heterocycles. The van der Waals surface area contributed by atoms with E-state index in [2.05, 4.69) is 28.0 Å². The van der Waals surface area contributed by atoms with E-state index in [4.69, 9.17) is 9.47 Å². The molecule has 0 spiro atoms. The summed E-state index contributed by atoms with van der Waals surface area (Å²) in [7, 11) is -0.828. The van der Waals surface area contributed by atoms with Gasteiger partial charge in [-0.25, -0.2) is 0 Å². The molecule has 1 heterocycles. The second kappa shape index (κ2) is 11.2. The lowest BCUT2D eigenvalue weighted by atomic mass is 10.1. The van der Waals surface area contributed by atoms with Crippen LogP contribution in [0, 0.1) is 0 Å². The summed E-state index contributed by atoms with van der Waals surface area (Å²) in [5, 5.41) is -0.874. The maximum Gasteiger partial charge on any atom is 0.267 e. The first-order valence-electron chi connectivity index (χ1n) is 12.5. The number of ether oxygens (including phenoxy) is 2. The van der Waals surface area contributed by atoms with E-state index in [-0.39, 0.29) is 6.42 Å². The molecular formula is C30H30N2O5S2. The average Bonchev–Trinajstić information content (AvgIpc) is 2.95. The van der Waals surface area contributed by atoms with Crippen molar-refractivity contribution in [1.29, 1.82) is 0 Å². The third-order valence-electron chi connectivity index (χ3n) is 6.80. The first kappa shape index (κ1) is 26.9. The number of rotatable bonds is 9. The van der Waals surface area contributed by atoms with Crippen LogP contribution in [0.3, 0.4) is 0 Å². The normalized spacial score (nSPS) is 13.3. The Balaban J connectivity index is 1.64. The molecule has 0 fully saturated rings. The Hall–Kier alpha value is -3.66. The molecule has 0 radical (unpaired) electrons. The number of hydrogen-bond donors (Lipinski definition) is 1. The first-order valence-corrected chi connectivity index (χ1v) is 14.8. The molecule has 9 heteroatoms. The highest BCUT2D eigenvalue weighted by molar-refractivity contribution is 8.00. The minimum atomic E-state index is -4.12. The summed E-state index contributed by atoms with van der Waals surface area (Å²) < 4.78 is 43.9.